The van der Waals surface area contributed by atoms with Gasteiger partial charge in [-0.1, -0.05) is 0 Å². The molecule has 72 valence electrons. The van der Waals surface area contributed by atoms with Crippen molar-refractivity contribution in [3.8, 4) is 0 Å². The number of hydrogen-bond acceptors (Lipinski definition) is 3. The van der Waals surface area contributed by atoms with E-state index in [0.29, 0.717) is 12.2 Å². The van der Waals surface area contributed by atoms with Gasteiger partial charge >= 0.3 is 0 Å². The Morgan fingerprint density at radius 1 is 1.38 bits per heavy atom. The molecular weight excluding hydrogens is 176 g/mol. The highest BCUT2D eigenvalue weighted by molar-refractivity contribution is 4.99. The molecule has 0 radical (unpaired) electrons. The summed E-state index contributed by atoms with van der Waals surface area (Å²) in [5, 5.41) is 2.57. The smallest absolute Gasteiger partial charge is 0.250 e. The molecule has 0 saturated carbocycles. The first-order valence-electron chi connectivity index (χ1n) is 3.95. The van der Waals surface area contributed by atoms with Crippen LogP contribution >= 0.6 is 0 Å². The molecule has 1 aromatic rings. The van der Waals surface area contributed by atoms with E-state index in [1.165, 1.54) is 0 Å². The van der Waals surface area contributed by atoms with E-state index in [4.69, 9.17) is 0 Å². The number of rotatable bonds is 4. The lowest BCUT2D eigenvalue weighted by Crippen LogP contribution is -2.21. The van der Waals surface area contributed by atoms with E-state index < -0.39 is 6.43 Å². The third-order valence-corrected chi connectivity index (χ3v) is 1.44. The first-order valence-corrected chi connectivity index (χ1v) is 3.95. The predicted molar refractivity (Wildman–Crippen MR) is 44.5 cm³/mol. The zero-order valence-electron chi connectivity index (χ0n) is 7.30. The van der Waals surface area contributed by atoms with Crippen LogP contribution in [0.4, 0.5) is 8.78 Å². The number of aryl methyl sites for hydroxylation is 1. The first kappa shape index (κ1) is 9.98. The standard InChI is InChI=1S/C8H11F2N3/c1-6-2-13-7(4-12-6)3-11-5-8(9)10/h2,4,8,11H,3,5H2,1H3. The molecule has 0 aliphatic carbocycles. The molecule has 0 unspecified atom stereocenters. The Morgan fingerprint density at radius 3 is 2.69 bits per heavy atom. The Kier molecular flexibility index (Phi) is 3.70. The van der Waals surface area contributed by atoms with Crippen molar-refractivity contribution < 1.29 is 8.78 Å². The lowest BCUT2D eigenvalue weighted by molar-refractivity contribution is 0.145. The maximum atomic E-state index is 11.7. The van der Waals surface area contributed by atoms with Crippen LogP contribution in [-0.2, 0) is 6.54 Å². The SMILES string of the molecule is Cc1cnc(CNCC(F)F)cn1. The van der Waals surface area contributed by atoms with Crippen LogP contribution in [0.25, 0.3) is 0 Å². The lowest BCUT2D eigenvalue weighted by atomic mass is 10.4. The molecule has 0 fully saturated rings. The van der Waals surface area contributed by atoms with Gasteiger partial charge in [-0.15, -0.1) is 0 Å². The predicted octanol–water partition coefficient (Wildman–Crippen LogP) is 1.14. The van der Waals surface area contributed by atoms with Gasteiger partial charge in [0.15, 0.2) is 0 Å². The third kappa shape index (κ3) is 3.89. The summed E-state index contributed by atoms with van der Waals surface area (Å²) in [5.74, 6) is 0. The van der Waals surface area contributed by atoms with Crippen molar-refractivity contribution in [3.05, 3.63) is 23.8 Å². The zero-order chi connectivity index (χ0) is 9.68. The fraction of sp³-hybridized carbons (Fsp3) is 0.500. The van der Waals surface area contributed by atoms with Crippen LogP contribution in [0.2, 0.25) is 0 Å². The van der Waals surface area contributed by atoms with E-state index >= 15 is 0 Å². The minimum Gasteiger partial charge on any atom is -0.306 e. The summed E-state index contributed by atoms with van der Waals surface area (Å²) in [4.78, 5) is 7.99. The van der Waals surface area contributed by atoms with Crippen molar-refractivity contribution in [1.82, 2.24) is 15.3 Å². The summed E-state index contributed by atoms with van der Waals surface area (Å²) < 4.78 is 23.4. The first-order chi connectivity index (χ1) is 6.18. The summed E-state index contributed by atoms with van der Waals surface area (Å²) in [5.41, 5.74) is 1.49. The average molecular weight is 187 g/mol. The van der Waals surface area contributed by atoms with Crippen molar-refractivity contribution in [2.45, 2.75) is 19.9 Å². The van der Waals surface area contributed by atoms with Crippen molar-refractivity contribution in [1.29, 1.82) is 0 Å². The van der Waals surface area contributed by atoms with Crippen LogP contribution in [0, 0.1) is 6.92 Å². The molecule has 1 rings (SSSR count). The summed E-state index contributed by atoms with van der Waals surface area (Å²) >= 11 is 0. The van der Waals surface area contributed by atoms with E-state index in [0.717, 1.165) is 5.69 Å². The highest BCUT2D eigenvalue weighted by atomic mass is 19.3. The highest BCUT2D eigenvalue weighted by Gasteiger charge is 2.01. The quantitative estimate of drug-likeness (QED) is 0.768. The van der Waals surface area contributed by atoms with Gasteiger partial charge < -0.3 is 5.32 Å². The Balaban J connectivity index is 2.33. The lowest BCUT2D eigenvalue weighted by Gasteiger charge is -2.02. The molecular formula is C8H11F2N3. The Morgan fingerprint density at radius 2 is 2.15 bits per heavy atom. The van der Waals surface area contributed by atoms with Crippen LogP contribution < -0.4 is 5.32 Å². The van der Waals surface area contributed by atoms with Crippen molar-refractivity contribution in [3.63, 3.8) is 0 Å². The third-order valence-electron chi connectivity index (χ3n) is 1.44. The topological polar surface area (TPSA) is 37.8 Å². The van der Waals surface area contributed by atoms with Gasteiger partial charge in [0, 0.05) is 18.9 Å². The number of nitrogens with zero attached hydrogens (tertiary/aromatic N) is 2. The second-order valence-corrected chi connectivity index (χ2v) is 2.67. The summed E-state index contributed by atoms with van der Waals surface area (Å²) in [6.45, 7) is 1.84. The second-order valence-electron chi connectivity index (χ2n) is 2.67. The number of nitrogens with one attached hydrogen (secondary N) is 1. The summed E-state index contributed by atoms with van der Waals surface area (Å²) in [6.07, 6.45) is 0.867. The van der Waals surface area contributed by atoms with Gasteiger partial charge in [0.2, 0.25) is 0 Å². The molecule has 1 heterocycles. The fourth-order valence-electron chi connectivity index (χ4n) is 0.820. The molecule has 1 N–H and O–H groups in total. The van der Waals surface area contributed by atoms with Gasteiger partial charge in [-0.2, -0.15) is 0 Å². The minimum absolute atomic E-state index is 0.310. The Labute approximate surface area is 75.2 Å². The molecule has 0 saturated heterocycles. The Hall–Kier alpha value is -1.10. The monoisotopic (exact) mass is 187 g/mol. The van der Waals surface area contributed by atoms with E-state index in [1.54, 1.807) is 12.4 Å². The fourth-order valence-corrected chi connectivity index (χ4v) is 0.820. The van der Waals surface area contributed by atoms with Crippen LogP contribution in [0.3, 0.4) is 0 Å². The van der Waals surface area contributed by atoms with Gasteiger partial charge in [-0.05, 0) is 6.92 Å². The molecule has 13 heavy (non-hydrogen) atoms. The maximum absolute atomic E-state index is 11.7. The molecule has 0 amide bonds. The molecule has 0 bridgehead atoms. The van der Waals surface area contributed by atoms with Crippen LogP contribution in [0.1, 0.15) is 11.4 Å². The zero-order valence-corrected chi connectivity index (χ0v) is 7.30. The van der Waals surface area contributed by atoms with E-state index in [1.807, 2.05) is 6.92 Å². The van der Waals surface area contributed by atoms with E-state index in [2.05, 4.69) is 15.3 Å². The number of alkyl halides is 2. The van der Waals surface area contributed by atoms with Crippen molar-refractivity contribution >= 4 is 0 Å². The molecule has 5 heteroatoms. The minimum atomic E-state index is -2.32. The summed E-state index contributed by atoms with van der Waals surface area (Å²) in [6, 6.07) is 0. The van der Waals surface area contributed by atoms with Gasteiger partial charge in [0.1, 0.15) is 0 Å². The second kappa shape index (κ2) is 4.81. The van der Waals surface area contributed by atoms with Crippen LogP contribution in [-0.4, -0.2) is 22.9 Å². The molecule has 0 atom stereocenters. The van der Waals surface area contributed by atoms with Crippen molar-refractivity contribution in [2.24, 2.45) is 0 Å². The maximum Gasteiger partial charge on any atom is 0.250 e. The Bertz CT molecular complexity index is 248. The number of hydrogen-bond donors (Lipinski definition) is 1. The molecule has 1 aromatic heterocycles. The molecule has 3 nitrogen and oxygen atoms in total. The molecule has 0 aliphatic heterocycles. The molecule has 0 aliphatic rings. The highest BCUT2D eigenvalue weighted by Crippen LogP contribution is 1.94. The van der Waals surface area contributed by atoms with Gasteiger partial charge in [0.25, 0.3) is 6.43 Å². The molecule has 0 aromatic carbocycles. The van der Waals surface area contributed by atoms with Crippen LogP contribution in [0.15, 0.2) is 12.4 Å². The van der Waals surface area contributed by atoms with E-state index in [9.17, 15) is 8.78 Å². The average Bonchev–Trinajstić information content (AvgIpc) is 2.08. The van der Waals surface area contributed by atoms with Gasteiger partial charge in [0.05, 0.1) is 17.9 Å². The van der Waals surface area contributed by atoms with Gasteiger partial charge in [-0.3, -0.25) is 9.97 Å². The number of halogens is 2. The van der Waals surface area contributed by atoms with Crippen molar-refractivity contribution in [2.75, 3.05) is 6.54 Å². The summed E-state index contributed by atoms with van der Waals surface area (Å²) in [7, 11) is 0. The largest absolute Gasteiger partial charge is 0.306 e. The molecule has 0 spiro atoms. The normalized spacial score (nSPS) is 10.8. The van der Waals surface area contributed by atoms with Gasteiger partial charge in [-0.25, -0.2) is 8.78 Å². The van der Waals surface area contributed by atoms with E-state index in [-0.39, 0.29) is 6.54 Å². The van der Waals surface area contributed by atoms with Crippen LogP contribution in [0.5, 0.6) is 0 Å². The number of aromatic nitrogens is 2.